The van der Waals surface area contributed by atoms with Gasteiger partial charge in [0.05, 0.1) is 0 Å². The highest BCUT2D eigenvalue weighted by atomic mass is 35.6. The van der Waals surface area contributed by atoms with Gasteiger partial charge in [-0.3, -0.25) is 4.79 Å². The molecule has 1 rings (SSSR count). The zero-order valence-corrected chi connectivity index (χ0v) is 10.2. The van der Waals surface area contributed by atoms with Crippen molar-refractivity contribution >= 4 is 46.6 Å². The number of hydrogen-bond donors (Lipinski definition) is 0. The number of alkyl halides is 3. The maximum atomic E-state index is 11.1. The number of ether oxygens (including phenoxy) is 1. The summed E-state index contributed by atoms with van der Waals surface area (Å²) in [5.41, 5.74) is 0.743. The van der Waals surface area contributed by atoms with Gasteiger partial charge >= 0.3 is 5.97 Å². The lowest BCUT2D eigenvalue weighted by molar-refractivity contribution is -0.154. The van der Waals surface area contributed by atoms with Gasteiger partial charge in [-0.1, -0.05) is 65.1 Å². The van der Waals surface area contributed by atoms with Crippen LogP contribution in [-0.4, -0.2) is 15.5 Å². The first kappa shape index (κ1) is 13.3. The molecule has 1 aromatic carbocycles. The van der Waals surface area contributed by atoms with Gasteiger partial charge < -0.3 is 4.74 Å². The van der Waals surface area contributed by atoms with E-state index in [0.29, 0.717) is 0 Å². The first-order valence-corrected chi connectivity index (χ1v) is 5.37. The van der Waals surface area contributed by atoms with E-state index in [4.69, 9.17) is 34.8 Å². The molecular weight excluding hydrogens is 274 g/mol. The predicted molar refractivity (Wildman–Crippen MR) is 61.5 cm³/mol. The second-order valence-electron chi connectivity index (χ2n) is 2.89. The molecule has 3 nitrogen and oxygen atoms in total. The molecule has 0 aliphatic rings. The first-order chi connectivity index (χ1) is 7.41. The Hall–Kier alpha value is -0.770. The van der Waals surface area contributed by atoms with Gasteiger partial charge in [0.15, 0.2) is 0 Å². The van der Waals surface area contributed by atoms with Crippen LogP contribution < -0.4 is 0 Å². The minimum Gasteiger partial charge on any atom is -0.455 e. The van der Waals surface area contributed by atoms with Gasteiger partial charge in [-0.15, -0.1) is 0 Å². The van der Waals surface area contributed by atoms with Gasteiger partial charge in [0.25, 0.3) is 9.58 Å². The molecule has 0 fully saturated rings. The van der Waals surface area contributed by atoms with Gasteiger partial charge in [0.1, 0.15) is 6.61 Å². The quantitative estimate of drug-likeness (QED) is 0.486. The van der Waals surface area contributed by atoms with E-state index in [0.717, 1.165) is 5.56 Å². The summed E-state index contributed by atoms with van der Waals surface area (Å²) in [5.74, 6) is -2.36. The highest BCUT2D eigenvalue weighted by molar-refractivity contribution is 6.81. The fraction of sp³-hybridized carbons (Fsp3) is 0.200. The summed E-state index contributed by atoms with van der Waals surface area (Å²) in [7, 11) is 0. The lowest BCUT2D eigenvalue weighted by Crippen LogP contribution is -2.29. The second kappa shape index (κ2) is 5.53. The number of esters is 1. The van der Waals surface area contributed by atoms with Gasteiger partial charge in [0.2, 0.25) is 0 Å². The van der Waals surface area contributed by atoms with E-state index in [1.165, 1.54) is 0 Å². The van der Waals surface area contributed by atoms with E-state index in [9.17, 15) is 9.59 Å². The Morgan fingerprint density at radius 3 is 2.19 bits per heavy atom. The molecule has 0 aliphatic heterocycles. The maximum absolute atomic E-state index is 11.1. The molecule has 1 aromatic rings. The minimum atomic E-state index is -2.27. The molecule has 0 aromatic heterocycles. The second-order valence-corrected chi connectivity index (χ2v) is 5.17. The third-order valence-corrected chi connectivity index (χ3v) is 2.17. The number of halogens is 3. The Morgan fingerprint density at radius 1 is 1.12 bits per heavy atom. The fourth-order valence-corrected chi connectivity index (χ4v) is 1.14. The maximum Gasteiger partial charge on any atom is 0.379 e. The van der Waals surface area contributed by atoms with Gasteiger partial charge in [-0.25, -0.2) is 4.79 Å². The van der Waals surface area contributed by atoms with Crippen molar-refractivity contribution in [2.24, 2.45) is 0 Å². The Bertz CT molecular complexity index is 384. The van der Waals surface area contributed by atoms with E-state index < -0.39 is 15.5 Å². The fourth-order valence-electron chi connectivity index (χ4n) is 0.904. The summed E-state index contributed by atoms with van der Waals surface area (Å²) in [5, 5.41) is 0. The Kier molecular flexibility index (Phi) is 4.59. The van der Waals surface area contributed by atoms with Crippen LogP contribution in [0, 0.1) is 0 Å². The van der Waals surface area contributed by atoms with Crippen LogP contribution in [0.15, 0.2) is 30.3 Å². The minimum absolute atomic E-state index is 0.0356. The lowest BCUT2D eigenvalue weighted by Gasteiger charge is -2.08. The normalized spacial score (nSPS) is 10.9. The molecule has 0 N–H and O–H groups in total. The zero-order chi connectivity index (χ0) is 12.2. The predicted octanol–water partition coefficient (Wildman–Crippen LogP) is 2.67. The molecule has 0 amide bonds. The highest BCUT2D eigenvalue weighted by Gasteiger charge is 2.37. The standard InChI is InChI=1S/C10H7Cl3O3/c11-10(12,13)8(14)9(15)16-6-7-4-2-1-3-5-7/h1-5H,6H2. The number of ketones is 1. The Labute approximate surface area is 107 Å². The van der Waals surface area contributed by atoms with Crippen LogP contribution in [0.5, 0.6) is 0 Å². The van der Waals surface area contributed by atoms with Crippen LogP contribution in [-0.2, 0) is 20.9 Å². The molecule has 86 valence electrons. The molecule has 0 heterocycles. The average molecular weight is 282 g/mol. The molecule has 0 bridgehead atoms. The van der Waals surface area contributed by atoms with Crippen molar-refractivity contribution in [2.45, 2.75) is 10.4 Å². The van der Waals surface area contributed by atoms with Crippen molar-refractivity contribution in [1.29, 1.82) is 0 Å². The van der Waals surface area contributed by atoms with E-state index >= 15 is 0 Å². The summed E-state index contributed by atoms with van der Waals surface area (Å²) in [6, 6.07) is 8.86. The summed E-state index contributed by atoms with van der Waals surface area (Å²) >= 11 is 15.7. The molecule has 0 saturated carbocycles. The van der Waals surface area contributed by atoms with E-state index in [1.54, 1.807) is 24.3 Å². The van der Waals surface area contributed by atoms with E-state index in [1.807, 2.05) is 6.07 Å². The van der Waals surface area contributed by atoms with Gasteiger partial charge in [-0.05, 0) is 5.56 Å². The SMILES string of the molecule is O=C(OCc1ccccc1)C(=O)C(Cl)(Cl)Cl. The zero-order valence-electron chi connectivity index (χ0n) is 7.95. The number of rotatable bonds is 3. The van der Waals surface area contributed by atoms with Crippen LogP contribution in [0.1, 0.15) is 5.56 Å². The van der Waals surface area contributed by atoms with Crippen molar-refractivity contribution in [3.05, 3.63) is 35.9 Å². The summed E-state index contributed by atoms with van der Waals surface area (Å²) < 4.78 is 2.40. The molecule has 0 spiro atoms. The van der Waals surface area contributed by atoms with Crippen molar-refractivity contribution in [3.63, 3.8) is 0 Å². The average Bonchev–Trinajstić information content (AvgIpc) is 2.25. The highest BCUT2D eigenvalue weighted by Crippen LogP contribution is 2.27. The number of carbonyl (C=O) groups is 2. The van der Waals surface area contributed by atoms with Crippen LogP contribution in [0.25, 0.3) is 0 Å². The third-order valence-electron chi connectivity index (χ3n) is 1.66. The Morgan fingerprint density at radius 2 is 1.69 bits per heavy atom. The smallest absolute Gasteiger partial charge is 0.379 e. The van der Waals surface area contributed by atoms with E-state index in [-0.39, 0.29) is 6.61 Å². The monoisotopic (exact) mass is 280 g/mol. The molecular formula is C10H7Cl3O3. The molecule has 0 aliphatic carbocycles. The molecule has 16 heavy (non-hydrogen) atoms. The van der Waals surface area contributed by atoms with Crippen LogP contribution in [0.2, 0.25) is 0 Å². The number of hydrogen-bond acceptors (Lipinski definition) is 3. The molecule has 6 heteroatoms. The largest absolute Gasteiger partial charge is 0.455 e. The summed E-state index contributed by atoms with van der Waals surface area (Å²) in [6.45, 7) is -0.0356. The topological polar surface area (TPSA) is 43.4 Å². The van der Waals surface area contributed by atoms with Gasteiger partial charge in [-0.2, -0.15) is 0 Å². The Balaban J connectivity index is 2.51. The molecule has 0 unspecified atom stereocenters. The summed E-state index contributed by atoms with van der Waals surface area (Å²) in [6.07, 6.45) is 0. The number of benzene rings is 1. The first-order valence-electron chi connectivity index (χ1n) is 4.23. The molecule has 0 saturated heterocycles. The molecule has 0 atom stereocenters. The summed E-state index contributed by atoms with van der Waals surface area (Å²) in [4.78, 5) is 22.3. The van der Waals surface area contributed by atoms with Crippen molar-refractivity contribution in [2.75, 3.05) is 0 Å². The van der Waals surface area contributed by atoms with Crippen LogP contribution >= 0.6 is 34.8 Å². The third kappa shape index (κ3) is 4.00. The van der Waals surface area contributed by atoms with Crippen LogP contribution in [0.4, 0.5) is 0 Å². The van der Waals surface area contributed by atoms with Crippen LogP contribution in [0.3, 0.4) is 0 Å². The van der Waals surface area contributed by atoms with Gasteiger partial charge in [0, 0.05) is 0 Å². The van der Waals surface area contributed by atoms with E-state index in [2.05, 4.69) is 4.74 Å². The number of carbonyl (C=O) groups excluding carboxylic acids is 2. The molecule has 0 radical (unpaired) electrons. The van der Waals surface area contributed by atoms with Crippen molar-refractivity contribution in [3.8, 4) is 0 Å². The van der Waals surface area contributed by atoms with Crippen molar-refractivity contribution in [1.82, 2.24) is 0 Å². The number of Topliss-reactive ketones (excluding diaryl/α,β-unsaturated/α-hetero) is 1. The van der Waals surface area contributed by atoms with Crippen molar-refractivity contribution < 1.29 is 14.3 Å². The lowest BCUT2D eigenvalue weighted by atomic mass is 10.2.